The molecule has 4 nitrogen and oxygen atoms in total. The first-order valence-corrected chi connectivity index (χ1v) is 5.69. The van der Waals surface area contributed by atoms with Crippen LogP contribution in [0.5, 0.6) is 0 Å². The summed E-state index contributed by atoms with van der Waals surface area (Å²) in [5.74, 6) is 0.892. The van der Waals surface area contributed by atoms with E-state index in [2.05, 4.69) is 22.5 Å². The first kappa shape index (κ1) is 11.4. The van der Waals surface area contributed by atoms with Gasteiger partial charge in [0.25, 0.3) is 0 Å². The molecule has 2 N–H and O–H groups in total. The number of hydrogen-bond acceptors (Lipinski definition) is 3. The van der Waals surface area contributed by atoms with E-state index in [4.69, 9.17) is 11.6 Å². The van der Waals surface area contributed by atoms with Crippen molar-refractivity contribution in [1.29, 1.82) is 0 Å². The molecule has 1 aromatic rings. The van der Waals surface area contributed by atoms with Gasteiger partial charge in [-0.25, -0.2) is 4.98 Å². The summed E-state index contributed by atoms with van der Waals surface area (Å²) < 4.78 is 0. The topological polar surface area (TPSA) is 54.0 Å². The number of carbonyl (C=O) groups excluding carboxylic acids is 1. The van der Waals surface area contributed by atoms with Crippen LogP contribution in [0.1, 0.15) is 6.92 Å². The lowest BCUT2D eigenvalue weighted by atomic mass is 9.97. The summed E-state index contributed by atoms with van der Waals surface area (Å²) in [5, 5.41) is 6.36. The van der Waals surface area contributed by atoms with Crippen LogP contribution in [0.4, 0.5) is 5.82 Å². The predicted octanol–water partition coefficient (Wildman–Crippen LogP) is 1.53. The molecule has 1 aromatic heterocycles. The summed E-state index contributed by atoms with van der Waals surface area (Å²) >= 11 is 5.74. The molecule has 1 fully saturated rings. The average Bonchev–Trinajstić information content (AvgIpc) is 2.64. The van der Waals surface area contributed by atoms with Crippen LogP contribution in [0.3, 0.4) is 0 Å². The molecule has 0 unspecified atom stereocenters. The zero-order valence-electron chi connectivity index (χ0n) is 9.03. The molecule has 2 heterocycles. The Morgan fingerprint density at radius 3 is 3.00 bits per heavy atom. The van der Waals surface area contributed by atoms with Crippen molar-refractivity contribution < 1.29 is 4.79 Å². The third kappa shape index (κ3) is 2.51. The lowest BCUT2D eigenvalue weighted by Gasteiger charge is -2.13. The molecule has 1 aliphatic heterocycles. The minimum Gasteiger partial charge on any atom is -0.316 e. The molecule has 2 rings (SSSR count). The van der Waals surface area contributed by atoms with Gasteiger partial charge in [-0.2, -0.15) is 0 Å². The van der Waals surface area contributed by atoms with Crippen molar-refractivity contribution in [2.75, 3.05) is 18.4 Å². The smallest absolute Gasteiger partial charge is 0.230 e. The van der Waals surface area contributed by atoms with Gasteiger partial charge in [-0.05, 0) is 24.6 Å². The fourth-order valence-electron chi connectivity index (χ4n) is 1.86. The fraction of sp³-hybridized carbons (Fsp3) is 0.455. The fourth-order valence-corrected chi connectivity index (χ4v) is 2.02. The Bertz CT molecular complexity index is 397. The molecule has 0 aliphatic carbocycles. The van der Waals surface area contributed by atoms with E-state index in [1.165, 1.54) is 0 Å². The van der Waals surface area contributed by atoms with Crippen molar-refractivity contribution in [3.05, 3.63) is 23.4 Å². The summed E-state index contributed by atoms with van der Waals surface area (Å²) in [5.41, 5.74) is 0. The van der Waals surface area contributed by atoms with Gasteiger partial charge in [-0.1, -0.05) is 24.6 Å². The maximum atomic E-state index is 11.9. The van der Waals surface area contributed by atoms with Gasteiger partial charge in [0.05, 0.1) is 5.92 Å². The maximum absolute atomic E-state index is 11.9. The Kier molecular flexibility index (Phi) is 3.41. The van der Waals surface area contributed by atoms with E-state index in [9.17, 15) is 4.79 Å². The third-order valence-corrected chi connectivity index (χ3v) is 3.03. The van der Waals surface area contributed by atoms with Crippen molar-refractivity contribution in [3.63, 3.8) is 0 Å². The average molecular weight is 240 g/mol. The van der Waals surface area contributed by atoms with Crippen LogP contribution < -0.4 is 10.6 Å². The van der Waals surface area contributed by atoms with E-state index >= 15 is 0 Å². The minimum atomic E-state index is 0.00673. The van der Waals surface area contributed by atoms with E-state index in [-0.39, 0.29) is 11.8 Å². The molecule has 2 atom stereocenters. The highest BCUT2D eigenvalue weighted by Crippen LogP contribution is 2.18. The van der Waals surface area contributed by atoms with Gasteiger partial charge in [0.15, 0.2) is 0 Å². The van der Waals surface area contributed by atoms with Crippen molar-refractivity contribution in [1.82, 2.24) is 10.3 Å². The zero-order valence-corrected chi connectivity index (χ0v) is 9.79. The Balaban J connectivity index is 2.02. The molecule has 0 bridgehead atoms. The van der Waals surface area contributed by atoms with Crippen LogP contribution in [-0.2, 0) is 4.79 Å². The van der Waals surface area contributed by atoms with Crippen LogP contribution in [0.25, 0.3) is 0 Å². The second kappa shape index (κ2) is 4.80. The van der Waals surface area contributed by atoms with Gasteiger partial charge in [0.1, 0.15) is 11.0 Å². The Labute approximate surface area is 99.4 Å². The molecular formula is C11H14ClN3O. The van der Waals surface area contributed by atoms with E-state index < -0.39 is 0 Å². The summed E-state index contributed by atoms with van der Waals surface area (Å²) in [4.78, 5) is 15.9. The highest BCUT2D eigenvalue weighted by atomic mass is 35.5. The number of aromatic nitrogens is 1. The largest absolute Gasteiger partial charge is 0.316 e. The Morgan fingerprint density at radius 2 is 2.38 bits per heavy atom. The monoisotopic (exact) mass is 239 g/mol. The Morgan fingerprint density at radius 1 is 1.56 bits per heavy atom. The van der Waals surface area contributed by atoms with Gasteiger partial charge in [-0.3, -0.25) is 4.79 Å². The number of amides is 1. The summed E-state index contributed by atoms with van der Waals surface area (Å²) in [6.45, 7) is 3.68. The van der Waals surface area contributed by atoms with Gasteiger partial charge in [-0.15, -0.1) is 0 Å². The van der Waals surface area contributed by atoms with E-state index in [1.54, 1.807) is 18.2 Å². The molecule has 0 spiro atoms. The second-order valence-electron chi connectivity index (χ2n) is 4.08. The molecule has 0 radical (unpaired) electrons. The number of nitrogens with one attached hydrogen (secondary N) is 2. The summed E-state index contributed by atoms with van der Waals surface area (Å²) in [7, 11) is 0. The number of nitrogens with zero attached hydrogens (tertiary/aromatic N) is 1. The molecule has 5 heteroatoms. The third-order valence-electron chi connectivity index (χ3n) is 2.82. The van der Waals surface area contributed by atoms with Crippen molar-refractivity contribution in [3.8, 4) is 0 Å². The van der Waals surface area contributed by atoms with Gasteiger partial charge in [0.2, 0.25) is 5.91 Å². The highest BCUT2D eigenvalue weighted by molar-refractivity contribution is 6.29. The zero-order chi connectivity index (χ0) is 11.5. The van der Waals surface area contributed by atoms with Crippen LogP contribution in [0.15, 0.2) is 18.2 Å². The molecule has 0 aromatic carbocycles. The van der Waals surface area contributed by atoms with Crippen molar-refractivity contribution >= 4 is 23.3 Å². The van der Waals surface area contributed by atoms with Crippen molar-refractivity contribution in [2.45, 2.75) is 6.92 Å². The van der Waals surface area contributed by atoms with Crippen LogP contribution in [0.2, 0.25) is 5.15 Å². The second-order valence-corrected chi connectivity index (χ2v) is 4.46. The molecule has 16 heavy (non-hydrogen) atoms. The van der Waals surface area contributed by atoms with Crippen LogP contribution >= 0.6 is 11.6 Å². The minimum absolute atomic E-state index is 0.00673. The molecule has 86 valence electrons. The standard InChI is InChI=1S/C11H14ClN3O/c1-7-5-13-6-8(7)11(16)15-10-4-2-3-9(12)14-10/h2-4,7-8,13H,5-6H2,1H3,(H,14,15,16)/t7-,8-/m1/s1. The molecule has 1 amide bonds. The van der Waals surface area contributed by atoms with Gasteiger partial charge in [0, 0.05) is 6.54 Å². The maximum Gasteiger partial charge on any atom is 0.230 e. The molecule has 0 saturated carbocycles. The number of rotatable bonds is 2. The summed E-state index contributed by atoms with van der Waals surface area (Å²) in [6, 6.07) is 5.18. The number of pyridine rings is 1. The van der Waals surface area contributed by atoms with Crippen molar-refractivity contribution in [2.24, 2.45) is 11.8 Å². The van der Waals surface area contributed by atoms with Gasteiger partial charge < -0.3 is 10.6 Å². The van der Waals surface area contributed by atoms with E-state index in [1.807, 2.05) is 0 Å². The quantitative estimate of drug-likeness (QED) is 0.770. The predicted molar refractivity (Wildman–Crippen MR) is 63.4 cm³/mol. The van der Waals surface area contributed by atoms with Crippen LogP contribution in [0, 0.1) is 11.8 Å². The number of anilines is 1. The lowest BCUT2D eigenvalue weighted by molar-refractivity contribution is -0.120. The number of carbonyl (C=O) groups is 1. The SMILES string of the molecule is C[C@@H]1CNC[C@H]1C(=O)Nc1cccc(Cl)n1. The number of halogens is 1. The normalized spacial score (nSPS) is 24.4. The highest BCUT2D eigenvalue weighted by Gasteiger charge is 2.29. The molecule has 1 saturated heterocycles. The molecule has 1 aliphatic rings. The lowest BCUT2D eigenvalue weighted by Crippen LogP contribution is -2.28. The van der Waals surface area contributed by atoms with Gasteiger partial charge >= 0.3 is 0 Å². The summed E-state index contributed by atoms with van der Waals surface area (Å²) in [6.07, 6.45) is 0. The van der Waals surface area contributed by atoms with E-state index in [0.29, 0.717) is 16.9 Å². The van der Waals surface area contributed by atoms with Crippen LogP contribution in [-0.4, -0.2) is 24.0 Å². The number of hydrogen-bond donors (Lipinski definition) is 2. The Hall–Kier alpha value is -1.13. The first-order valence-electron chi connectivity index (χ1n) is 5.31. The molecular weight excluding hydrogens is 226 g/mol. The van der Waals surface area contributed by atoms with E-state index in [0.717, 1.165) is 13.1 Å². The first-order chi connectivity index (χ1) is 7.66.